The number of ether oxygens (including phenoxy) is 2. The number of carbonyl (C=O) groups is 2. The molecule has 0 fully saturated rings. The van der Waals surface area contributed by atoms with Crippen LogP contribution in [0.5, 0.6) is 11.5 Å². The Morgan fingerprint density at radius 3 is 2.24 bits per heavy atom. The Labute approximate surface area is 238 Å². The Kier molecular flexibility index (Phi) is 7.79. The Balaban J connectivity index is 1.60. The van der Waals surface area contributed by atoms with Crippen molar-refractivity contribution in [2.45, 2.75) is 20.4 Å². The highest BCUT2D eigenvalue weighted by Gasteiger charge is 2.35. The first kappa shape index (κ1) is 27.2. The molecule has 204 valence electrons. The summed E-state index contributed by atoms with van der Waals surface area (Å²) in [5.74, 6) is 0.310. The molecule has 8 nitrogen and oxygen atoms in total. The maximum Gasteiger partial charge on any atom is 0.271 e. The van der Waals surface area contributed by atoms with Crippen LogP contribution in [-0.2, 0) is 16.1 Å². The average molecular weight is 545 g/mol. The van der Waals surface area contributed by atoms with Gasteiger partial charge in [-0.1, -0.05) is 30.3 Å². The number of imide groups is 1. The van der Waals surface area contributed by atoms with Gasteiger partial charge in [-0.3, -0.25) is 14.5 Å². The zero-order chi connectivity index (χ0) is 28.9. The number of methoxy groups -OCH3 is 1. The lowest BCUT2D eigenvalue weighted by Gasteiger charge is -2.27. The average Bonchev–Trinajstić information content (AvgIpc) is 3.43. The zero-order valence-electron chi connectivity index (χ0n) is 23.0. The van der Waals surface area contributed by atoms with Crippen LogP contribution in [-0.4, -0.2) is 40.2 Å². The van der Waals surface area contributed by atoms with Crippen molar-refractivity contribution in [3.63, 3.8) is 0 Å². The number of hydrogen-bond acceptors (Lipinski definition) is 6. The number of hydrogen-bond donors (Lipinski definition) is 0. The van der Waals surface area contributed by atoms with Crippen molar-refractivity contribution >= 4 is 17.9 Å². The first-order valence-corrected chi connectivity index (χ1v) is 13.1. The van der Waals surface area contributed by atoms with E-state index in [1.807, 2.05) is 73.8 Å². The SMILES string of the molecule is CCOc1ccc(-c2nn(-c3ccccc3)cc2/C=C2/C(=O)N(Cc3ccc(OC)cc3)C(=O)C(C#N)=C2C)cc1. The van der Waals surface area contributed by atoms with E-state index in [1.54, 1.807) is 49.1 Å². The minimum absolute atomic E-state index is 0.0203. The van der Waals surface area contributed by atoms with Gasteiger partial charge in [-0.25, -0.2) is 4.68 Å². The van der Waals surface area contributed by atoms with Crippen molar-refractivity contribution in [3.05, 3.63) is 113 Å². The van der Waals surface area contributed by atoms with Gasteiger partial charge >= 0.3 is 0 Å². The van der Waals surface area contributed by atoms with Gasteiger partial charge in [0.25, 0.3) is 11.8 Å². The summed E-state index contributed by atoms with van der Waals surface area (Å²) in [4.78, 5) is 28.1. The summed E-state index contributed by atoms with van der Waals surface area (Å²) in [5.41, 5.74) is 4.23. The van der Waals surface area contributed by atoms with Crippen molar-refractivity contribution in [1.29, 1.82) is 5.26 Å². The van der Waals surface area contributed by atoms with Crippen LogP contribution in [0.3, 0.4) is 0 Å². The van der Waals surface area contributed by atoms with E-state index >= 15 is 0 Å². The molecule has 0 spiro atoms. The molecule has 0 radical (unpaired) electrons. The number of nitrogens with zero attached hydrogens (tertiary/aromatic N) is 4. The van der Waals surface area contributed by atoms with Gasteiger partial charge in [-0.15, -0.1) is 0 Å². The number of carbonyl (C=O) groups excluding carboxylic acids is 2. The molecule has 4 aromatic rings. The third kappa shape index (κ3) is 5.52. The van der Waals surface area contributed by atoms with Crippen LogP contribution in [0.15, 0.2) is 102 Å². The maximum atomic E-state index is 13.8. The number of amides is 2. The Hall–Kier alpha value is -5.42. The fraction of sp³-hybridized carbons (Fsp3) is 0.152. The van der Waals surface area contributed by atoms with Crippen LogP contribution in [0.4, 0.5) is 0 Å². The van der Waals surface area contributed by atoms with Crippen molar-refractivity contribution in [2.24, 2.45) is 0 Å². The molecule has 0 saturated heterocycles. The Bertz CT molecular complexity index is 1690. The quantitative estimate of drug-likeness (QED) is 0.207. The summed E-state index contributed by atoms with van der Waals surface area (Å²) >= 11 is 0. The van der Waals surface area contributed by atoms with Gasteiger partial charge in [0.1, 0.15) is 23.1 Å². The molecule has 2 amide bonds. The van der Waals surface area contributed by atoms with Gasteiger partial charge in [0.2, 0.25) is 0 Å². The molecule has 0 N–H and O–H groups in total. The number of para-hydroxylation sites is 1. The van der Waals surface area contributed by atoms with Crippen molar-refractivity contribution in [1.82, 2.24) is 14.7 Å². The molecule has 1 aromatic heterocycles. The standard InChI is InChI=1S/C33H28N4O4/c1-4-41-28-16-12-24(13-17-28)31-25(21-37(35-31)26-8-6-5-7-9-26)18-29-22(2)30(19-34)33(39)36(32(29)38)20-23-10-14-27(40-3)15-11-23/h5-18,21H,4,20H2,1-3H3/b29-18+. The second kappa shape index (κ2) is 11.8. The zero-order valence-corrected chi connectivity index (χ0v) is 23.0. The molecular formula is C33H28N4O4. The summed E-state index contributed by atoms with van der Waals surface area (Å²) < 4.78 is 12.6. The predicted octanol–water partition coefficient (Wildman–Crippen LogP) is 5.74. The van der Waals surface area contributed by atoms with Gasteiger partial charge < -0.3 is 9.47 Å². The van der Waals surface area contributed by atoms with E-state index in [1.165, 1.54) is 0 Å². The van der Waals surface area contributed by atoms with E-state index in [4.69, 9.17) is 14.6 Å². The largest absolute Gasteiger partial charge is 0.497 e. The number of benzene rings is 3. The monoisotopic (exact) mass is 544 g/mol. The van der Waals surface area contributed by atoms with E-state index in [2.05, 4.69) is 0 Å². The smallest absolute Gasteiger partial charge is 0.271 e. The molecule has 0 aliphatic carbocycles. The van der Waals surface area contributed by atoms with Crippen molar-refractivity contribution < 1.29 is 19.1 Å². The number of nitriles is 1. The van der Waals surface area contributed by atoms with Crippen LogP contribution < -0.4 is 9.47 Å². The molecule has 8 heteroatoms. The summed E-state index contributed by atoms with van der Waals surface area (Å²) in [6, 6.07) is 26.3. The molecule has 0 bridgehead atoms. The minimum Gasteiger partial charge on any atom is -0.497 e. The van der Waals surface area contributed by atoms with E-state index in [-0.39, 0.29) is 17.7 Å². The van der Waals surface area contributed by atoms with Crippen molar-refractivity contribution in [3.8, 4) is 34.5 Å². The topological polar surface area (TPSA) is 97.4 Å². The lowest BCUT2D eigenvalue weighted by atomic mass is 9.93. The summed E-state index contributed by atoms with van der Waals surface area (Å²) in [6.45, 7) is 4.13. The third-order valence-corrected chi connectivity index (χ3v) is 6.83. The van der Waals surface area contributed by atoms with E-state index in [9.17, 15) is 14.9 Å². The molecule has 1 aliphatic rings. The molecule has 41 heavy (non-hydrogen) atoms. The Morgan fingerprint density at radius 2 is 1.61 bits per heavy atom. The second-order valence-corrected chi connectivity index (χ2v) is 9.38. The second-order valence-electron chi connectivity index (χ2n) is 9.38. The van der Waals surface area contributed by atoms with Crippen LogP contribution in [0, 0.1) is 11.3 Å². The summed E-state index contributed by atoms with van der Waals surface area (Å²) in [7, 11) is 1.57. The normalized spacial score (nSPS) is 14.4. The third-order valence-electron chi connectivity index (χ3n) is 6.83. The molecule has 0 unspecified atom stereocenters. The Morgan fingerprint density at radius 1 is 0.927 bits per heavy atom. The molecule has 5 rings (SSSR count). The first-order chi connectivity index (χ1) is 19.9. The molecule has 3 aromatic carbocycles. The van der Waals surface area contributed by atoms with Gasteiger partial charge in [0.05, 0.1) is 31.6 Å². The van der Waals surface area contributed by atoms with Crippen molar-refractivity contribution in [2.75, 3.05) is 13.7 Å². The molecule has 2 heterocycles. The van der Waals surface area contributed by atoms with Gasteiger partial charge in [-0.05, 0) is 79.6 Å². The fourth-order valence-corrected chi connectivity index (χ4v) is 4.65. The highest BCUT2D eigenvalue weighted by Crippen LogP contribution is 2.32. The maximum absolute atomic E-state index is 13.8. The van der Waals surface area contributed by atoms with E-state index in [0.29, 0.717) is 29.2 Å². The highest BCUT2D eigenvalue weighted by molar-refractivity contribution is 6.19. The fourth-order valence-electron chi connectivity index (χ4n) is 4.65. The lowest BCUT2D eigenvalue weighted by Crippen LogP contribution is -2.42. The van der Waals surface area contributed by atoms with Crippen LogP contribution in [0.25, 0.3) is 23.0 Å². The van der Waals surface area contributed by atoms with E-state index in [0.717, 1.165) is 27.5 Å². The molecule has 0 atom stereocenters. The van der Waals surface area contributed by atoms with E-state index < -0.39 is 11.8 Å². The van der Waals surface area contributed by atoms with Gasteiger partial charge in [0, 0.05) is 22.9 Å². The molecule has 0 saturated carbocycles. The van der Waals surface area contributed by atoms with Gasteiger partial charge in [0.15, 0.2) is 0 Å². The molecular weight excluding hydrogens is 516 g/mol. The number of rotatable bonds is 8. The summed E-state index contributed by atoms with van der Waals surface area (Å²) in [5, 5.41) is 14.7. The molecule has 1 aliphatic heterocycles. The lowest BCUT2D eigenvalue weighted by molar-refractivity contribution is -0.141. The minimum atomic E-state index is -0.616. The first-order valence-electron chi connectivity index (χ1n) is 13.1. The van der Waals surface area contributed by atoms with Crippen LogP contribution in [0.1, 0.15) is 25.0 Å². The summed E-state index contributed by atoms with van der Waals surface area (Å²) in [6.07, 6.45) is 3.55. The van der Waals surface area contributed by atoms with Crippen LogP contribution >= 0.6 is 0 Å². The number of aromatic nitrogens is 2. The van der Waals surface area contributed by atoms with Crippen LogP contribution in [0.2, 0.25) is 0 Å². The highest BCUT2D eigenvalue weighted by atomic mass is 16.5. The van der Waals surface area contributed by atoms with Gasteiger partial charge in [-0.2, -0.15) is 10.4 Å². The predicted molar refractivity (Wildman–Crippen MR) is 155 cm³/mol.